The first kappa shape index (κ1) is 13.4. The molecule has 5 nitrogen and oxygen atoms in total. The van der Waals surface area contributed by atoms with E-state index in [1.54, 1.807) is 6.20 Å². The average Bonchev–Trinajstić information content (AvgIpc) is 3.36. The van der Waals surface area contributed by atoms with Gasteiger partial charge in [-0.3, -0.25) is 9.78 Å². The standard InChI is InChI=1S/C15H21N3O2/c19-15(18-7-11-1-2-11)10-20-14-6-5-13(17-9-14)8-16-12-3-4-12/h5-6,9,11-12,16H,1-4,7-8,10H2,(H,18,19). The van der Waals surface area contributed by atoms with E-state index >= 15 is 0 Å². The average molecular weight is 275 g/mol. The van der Waals surface area contributed by atoms with E-state index in [0.29, 0.717) is 17.7 Å². The fourth-order valence-electron chi connectivity index (χ4n) is 1.92. The number of aromatic nitrogens is 1. The fraction of sp³-hybridized carbons (Fsp3) is 0.600. The maximum atomic E-state index is 11.5. The lowest BCUT2D eigenvalue weighted by molar-refractivity contribution is -0.123. The van der Waals surface area contributed by atoms with E-state index < -0.39 is 0 Å². The van der Waals surface area contributed by atoms with Gasteiger partial charge in [0.15, 0.2) is 6.61 Å². The van der Waals surface area contributed by atoms with Crippen LogP contribution < -0.4 is 15.4 Å². The van der Waals surface area contributed by atoms with Crippen LogP contribution in [0.5, 0.6) is 5.75 Å². The van der Waals surface area contributed by atoms with E-state index in [1.807, 2.05) is 12.1 Å². The summed E-state index contributed by atoms with van der Waals surface area (Å²) in [6.45, 7) is 1.65. The summed E-state index contributed by atoms with van der Waals surface area (Å²) in [7, 11) is 0. The minimum atomic E-state index is -0.0589. The minimum Gasteiger partial charge on any atom is -0.482 e. The quantitative estimate of drug-likeness (QED) is 0.749. The lowest BCUT2D eigenvalue weighted by atomic mass is 10.3. The lowest BCUT2D eigenvalue weighted by Gasteiger charge is -2.07. The van der Waals surface area contributed by atoms with E-state index in [1.165, 1.54) is 25.7 Å². The summed E-state index contributed by atoms with van der Waals surface area (Å²) in [6.07, 6.45) is 6.70. The van der Waals surface area contributed by atoms with Gasteiger partial charge in [-0.05, 0) is 43.7 Å². The third kappa shape index (κ3) is 4.49. The molecule has 3 rings (SSSR count). The third-order valence-corrected chi connectivity index (χ3v) is 3.60. The van der Waals surface area contributed by atoms with E-state index in [9.17, 15) is 4.79 Å². The van der Waals surface area contributed by atoms with Crippen molar-refractivity contribution >= 4 is 5.91 Å². The fourth-order valence-corrected chi connectivity index (χ4v) is 1.92. The summed E-state index contributed by atoms with van der Waals surface area (Å²) in [6, 6.07) is 4.49. The molecule has 0 unspecified atom stereocenters. The lowest BCUT2D eigenvalue weighted by Crippen LogP contribution is -2.30. The van der Waals surface area contributed by atoms with Crippen molar-refractivity contribution in [1.29, 1.82) is 0 Å². The molecule has 0 aromatic carbocycles. The van der Waals surface area contributed by atoms with Gasteiger partial charge in [0.2, 0.25) is 0 Å². The predicted molar refractivity (Wildman–Crippen MR) is 75.3 cm³/mol. The number of hydrogen-bond acceptors (Lipinski definition) is 4. The molecule has 1 aromatic heterocycles. The summed E-state index contributed by atoms with van der Waals surface area (Å²) in [4.78, 5) is 15.9. The first-order chi connectivity index (χ1) is 9.79. The molecule has 5 heteroatoms. The van der Waals surface area contributed by atoms with Crippen LogP contribution in [0.15, 0.2) is 18.3 Å². The normalized spacial score (nSPS) is 17.8. The first-order valence-electron chi connectivity index (χ1n) is 7.37. The van der Waals surface area contributed by atoms with Gasteiger partial charge in [-0.25, -0.2) is 0 Å². The molecule has 1 heterocycles. The molecule has 1 aromatic rings. The SMILES string of the molecule is O=C(COc1ccc(CNC2CC2)nc1)NCC1CC1. The number of hydrogen-bond donors (Lipinski definition) is 2. The van der Waals surface area contributed by atoms with Gasteiger partial charge in [0.05, 0.1) is 11.9 Å². The van der Waals surface area contributed by atoms with Crippen LogP contribution in [-0.4, -0.2) is 30.1 Å². The molecule has 2 N–H and O–H groups in total. The molecular formula is C15H21N3O2. The number of carbonyl (C=O) groups is 1. The monoisotopic (exact) mass is 275 g/mol. The van der Waals surface area contributed by atoms with Gasteiger partial charge in [-0.15, -0.1) is 0 Å². The van der Waals surface area contributed by atoms with Gasteiger partial charge in [0, 0.05) is 19.1 Å². The molecule has 2 aliphatic carbocycles. The van der Waals surface area contributed by atoms with Crippen molar-refractivity contribution in [2.75, 3.05) is 13.2 Å². The van der Waals surface area contributed by atoms with Gasteiger partial charge in [-0.1, -0.05) is 0 Å². The number of amides is 1. The maximum absolute atomic E-state index is 11.5. The van der Waals surface area contributed by atoms with Crippen LogP contribution >= 0.6 is 0 Å². The van der Waals surface area contributed by atoms with Gasteiger partial charge in [0.25, 0.3) is 5.91 Å². The number of nitrogens with zero attached hydrogens (tertiary/aromatic N) is 1. The summed E-state index contributed by atoms with van der Waals surface area (Å²) < 4.78 is 5.42. The second-order valence-electron chi connectivity index (χ2n) is 5.68. The summed E-state index contributed by atoms with van der Waals surface area (Å²) in [5, 5.41) is 6.28. The Morgan fingerprint density at radius 3 is 2.80 bits per heavy atom. The van der Waals surface area contributed by atoms with Gasteiger partial charge >= 0.3 is 0 Å². The molecule has 2 saturated carbocycles. The van der Waals surface area contributed by atoms with Crippen molar-refractivity contribution in [2.24, 2.45) is 5.92 Å². The number of pyridine rings is 1. The highest BCUT2D eigenvalue weighted by Crippen LogP contribution is 2.27. The molecule has 0 radical (unpaired) electrons. The Kier molecular flexibility index (Phi) is 4.16. The van der Waals surface area contributed by atoms with Crippen molar-refractivity contribution in [3.05, 3.63) is 24.0 Å². The van der Waals surface area contributed by atoms with E-state index in [4.69, 9.17) is 4.74 Å². The van der Waals surface area contributed by atoms with E-state index in [2.05, 4.69) is 15.6 Å². The van der Waals surface area contributed by atoms with E-state index in [-0.39, 0.29) is 12.5 Å². The molecule has 108 valence electrons. The van der Waals surface area contributed by atoms with Gasteiger partial charge in [-0.2, -0.15) is 0 Å². The Morgan fingerprint density at radius 1 is 1.30 bits per heavy atom. The number of ether oxygens (including phenoxy) is 1. The molecule has 0 spiro atoms. The molecule has 0 saturated heterocycles. The smallest absolute Gasteiger partial charge is 0.257 e. The molecular weight excluding hydrogens is 254 g/mol. The Bertz CT molecular complexity index is 453. The summed E-state index contributed by atoms with van der Waals surface area (Å²) in [5.74, 6) is 1.27. The molecule has 0 bridgehead atoms. The topological polar surface area (TPSA) is 63.2 Å². The highest BCUT2D eigenvalue weighted by atomic mass is 16.5. The molecule has 2 aliphatic rings. The second-order valence-corrected chi connectivity index (χ2v) is 5.68. The number of nitrogens with one attached hydrogen (secondary N) is 2. The van der Waals surface area contributed by atoms with Crippen molar-refractivity contribution < 1.29 is 9.53 Å². The van der Waals surface area contributed by atoms with E-state index in [0.717, 1.165) is 18.8 Å². The third-order valence-electron chi connectivity index (χ3n) is 3.60. The zero-order valence-corrected chi connectivity index (χ0v) is 11.6. The number of rotatable bonds is 8. The second kappa shape index (κ2) is 6.22. The van der Waals surface area contributed by atoms with Crippen molar-refractivity contribution in [3.8, 4) is 5.75 Å². The van der Waals surface area contributed by atoms with Crippen molar-refractivity contribution in [3.63, 3.8) is 0 Å². The first-order valence-corrected chi connectivity index (χ1v) is 7.37. The van der Waals surface area contributed by atoms with Crippen LogP contribution in [0.1, 0.15) is 31.4 Å². The van der Waals surface area contributed by atoms with Crippen LogP contribution in [0.25, 0.3) is 0 Å². The van der Waals surface area contributed by atoms with Gasteiger partial charge < -0.3 is 15.4 Å². The van der Waals surface area contributed by atoms with Crippen molar-refractivity contribution in [2.45, 2.75) is 38.3 Å². The van der Waals surface area contributed by atoms with Crippen LogP contribution in [0.2, 0.25) is 0 Å². The summed E-state index contributed by atoms with van der Waals surface area (Å²) >= 11 is 0. The Morgan fingerprint density at radius 2 is 2.15 bits per heavy atom. The summed E-state index contributed by atoms with van der Waals surface area (Å²) in [5.41, 5.74) is 1.00. The predicted octanol–water partition coefficient (Wildman–Crippen LogP) is 1.24. The van der Waals surface area contributed by atoms with Crippen LogP contribution in [0.4, 0.5) is 0 Å². The van der Waals surface area contributed by atoms with Crippen LogP contribution in [0.3, 0.4) is 0 Å². The zero-order chi connectivity index (χ0) is 13.8. The molecule has 1 amide bonds. The van der Waals surface area contributed by atoms with Gasteiger partial charge in [0.1, 0.15) is 5.75 Å². The Hall–Kier alpha value is -1.62. The Labute approximate surface area is 119 Å². The number of carbonyl (C=O) groups excluding carboxylic acids is 1. The minimum absolute atomic E-state index is 0.0589. The van der Waals surface area contributed by atoms with Crippen molar-refractivity contribution in [1.82, 2.24) is 15.6 Å². The molecule has 0 aliphatic heterocycles. The molecule has 20 heavy (non-hydrogen) atoms. The highest BCUT2D eigenvalue weighted by molar-refractivity contribution is 5.77. The molecule has 0 atom stereocenters. The largest absolute Gasteiger partial charge is 0.482 e. The molecule has 2 fully saturated rings. The zero-order valence-electron chi connectivity index (χ0n) is 11.6. The van der Waals surface area contributed by atoms with Crippen LogP contribution in [-0.2, 0) is 11.3 Å². The van der Waals surface area contributed by atoms with Crippen LogP contribution in [0, 0.1) is 5.92 Å². The highest BCUT2D eigenvalue weighted by Gasteiger charge is 2.21. The maximum Gasteiger partial charge on any atom is 0.257 e. The Balaban J connectivity index is 1.36.